The molecule has 0 atom stereocenters. The van der Waals surface area contributed by atoms with Crippen molar-refractivity contribution in [2.75, 3.05) is 12.5 Å². The first-order valence-electron chi connectivity index (χ1n) is 5.14. The highest BCUT2D eigenvalue weighted by molar-refractivity contribution is 7.99. The summed E-state index contributed by atoms with van der Waals surface area (Å²) in [4.78, 5) is 8.39. The molecule has 2 rings (SSSR count). The SMILES string of the molecule is COc1c(NN)ncnc1Sc1ccc(F)c(F)c1. The molecule has 0 unspecified atom stereocenters. The van der Waals surface area contributed by atoms with Crippen molar-refractivity contribution in [1.29, 1.82) is 0 Å². The van der Waals surface area contributed by atoms with E-state index >= 15 is 0 Å². The van der Waals surface area contributed by atoms with Crippen LogP contribution in [0.25, 0.3) is 0 Å². The Balaban J connectivity index is 2.35. The molecule has 0 amide bonds. The summed E-state index contributed by atoms with van der Waals surface area (Å²) in [5.74, 6) is 4.11. The minimum atomic E-state index is -0.921. The molecule has 0 aliphatic rings. The quantitative estimate of drug-likeness (QED) is 0.509. The molecule has 19 heavy (non-hydrogen) atoms. The topological polar surface area (TPSA) is 73.1 Å². The zero-order valence-corrected chi connectivity index (χ0v) is 10.7. The average Bonchev–Trinajstić information content (AvgIpc) is 2.42. The van der Waals surface area contributed by atoms with E-state index in [0.717, 1.165) is 23.9 Å². The third kappa shape index (κ3) is 2.91. The van der Waals surface area contributed by atoms with Gasteiger partial charge in [-0.3, -0.25) is 0 Å². The lowest BCUT2D eigenvalue weighted by atomic mass is 10.3. The van der Waals surface area contributed by atoms with Crippen LogP contribution in [0.15, 0.2) is 34.4 Å². The number of methoxy groups -OCH3 is 1. The summed E-state index contributed by atoms with van der Waals surface area (Å²) in [6.07, 6.45) is 1.29. The molecule has 0 radical (unpaired) electrons. The van der Waals surface area contributed by atoms with Gasteiger partial charge in [0.2, 0.25) is 0 Å². The molecule has 0 aliphatic carbocycles. The minimum Gasteiger partial charge on any atom is -0.490 e. The van der Waals surface area contributed by atoms with Gasteiger partial charge in [0.1, 0.15) is 11.4 Å². The van der Waals surface area contributed by atoms with Crippen LogP contribution in [0.4, 0.5) is 14.6 Å². The van der Waals surface area contributed by atoms with E-state index < -0.39 is 11.6 Å². The number of ether oxygens (including phenoxy) is 1. The van der Waals surface area contributed by atoms with E-state index in [1.165, 1.54) is 19.5 Å². The Labute approximate surface area is 112 Å². The summed E-state index contributed by atoms with van der Waals surface area (Å²) in [6.45, 7) is 0. The van der Waals surface area contributed by atoms with E-state index in [4.69, 9.17) is 10.6 Å². The van der Waals surface area contributed by atoms with Gasteiger partial charge in [0.25, 0.3) is 0 Å². The van der Waals surface area contributed by atoms with Crippen LogP contribution in [-0.4, -0.2) is 17.1 Å². The smallest absolute Gasteiger partial charge is 0.195 e. The van der Waals surface area contributed by atoms with Gasteiger partial charge in [-0.1, -0.05) is 11.8 Å². The molecule has 5 nitrogen and oxygen atoms in total. The van der Waals surface area contributed by atoms with Gasteiger partial charge < -0.3 is 10.2 Å². The normalized spacial score (nSPS) is 10.3. The molecule has 0 bridgehead atoms. The number of hydrogen-bond acceptors (Lipinski definition) is 6. The summed E-state index contributed by atoms with van der Waals surface area (Å²) in [5.41, 5.74) is 2.37. The van der Waals surface area contributed by atoms with E-state index in [9.17, 15) is 8.78 Å². The predicted molar refractivity (Wildman–Crippen MR) is 66.9 cm³/mol. The number of nitrogens with two attached hydrogens (primary N) is 1. The molecule has 100 valence electrons. The maximum absolute atomic E-state index is 13.1. The Kier molecular flexibility index (Phi) is 4.13. The molecule has 2 aromatic rings. The van der Waals surface area contributed by atoms with Crippen LogP contribution in [0.5, 0.6) is 5.75 Å². The number of nitrogen functional groups attached to an aromatic ring is 1. The van der Waals surface area contributed by atoms with E-state index in [-0.39, 0.29) is 0 Å². The van der Waals surface area contributed by atoms with Gasteiger partial charge in [-0.2, -0.15) is 0 Å². The van der Waals surface area contributed by atoms with Crippen molar-refractivity contribution in [3.63, 3.8) is 0 Å². The largest absolute Gasteiger partial charge is 0.490 e. The van der Waals surface area contributed by atoms with Crippen LogP contribution in [0.2, 0.25) is 0 Å². The maximum atomic E-state index is 13.1. The van der Waals surface area contributed by atoms with Gasteiger partial charge in [-0.15, -0.1) is 0 Å². The summed E-state index contributed by atoms with van der Waals surface area (Å²) in [5, 5.41) is 0.441. The van der Waals surface area contributed by atoms with E-state index in [0.29, 0.717) is 21.5 Å². The zero-order chi connectivity index (χ0) is 13.8. The predicted octanol–water partition coefficient (Wildman–Crippen LogP) is 2.20. The van der Waals surface area contributed by atoms with Crippen LogP contribution < -0.4 is 16.0 Å². The fraction of sp³-hybridized carbons (Fsp3) is 0.0909. The van der Waals surface area contributed by atoms with Gasteiger partial charge in [0, 0.05) is 4.90 Å². The van der Waals surface area contributed by atoms with Gasteiger partial charge in [-0.05, 0) is 18.2 Å². The average molecular weight is 284 g/mol. The lowest BCUT2D eigenvalue weighted by Crippen LogP contribution is -2.10. The Morgan fingerprint density at radius 3 is 2.68 bits per heavy atom. The number of benzene rings is 1. The van der Waals surface area contributed by atoms with Crippen LogP contribution in [0.1, 0.15) is 0 Å². The van der Waals surface area contributed by atoms with Crippen molar-refractivity contribution in [1.82, 2.24) is 9.97 Å². The third-order valence-electron chi connectivity index (χ3n) is 2.22. The second-order valence-corrected chi connectivity index (χ2v) is 4.45. The lowest BCUT2D eigenvalue weighted by molar-refractivity contribution is 0.400. The molecule has 1 aromatic heterocycles. The number of aromatic nitrogens is 2. The summed E-state index contributed by atoms with van der Waals surface area (Å²) in [6, 6.07) is 3.57. The number of hydrogen-bond donors (Lipinski definition) is 2. The Morgan fingerprint density at radius 1 is 1.26 bits per heavy atom. The fourth-order valence-electron chi connectivity index (χ4n) is 1.37. The Hall–Kier alpha value is -1.93. The zero-order valence-electron chi connectivity index (χ0n) is 9.85. The molecule has 1 aromatic carbocycles. The first-order valence-corrected chi connectivity index (χ1v) is 5.96. The van der Waals surface area contributed by atoms with E-state index in [2.05, 4.69) is 15.4 Å². The molecule has 3 N–H and O–H groups in total. The minimum absolute atomic E-state index is 0.308. The highest BCUT2D eigenvalue weighted by Gasteiger charge is 2.13. The first-order chi connectivity index (χ1) is 9.15. The summed E-state index contributed by atoms with van der Waals surface area (Å²) in [7, 11) is 1.44. The fourth-order valence-corrected chi connectivity index (χ4v) is 2.26. The van der Waals surface area contributed by atoms with Crippen molar-refractivity contribution in [3.05, 3.63) is 36.2 Å². The second kappa shape index (κ2) is 5.81. The summed E-state index contributed by atoms with van der Waals surface area (Å²) < 4.78 is 31.1. The van der Waals surface area contributed by atoms with Gasteiger partial charge in [0.15, 0.2) is 23.2 Å². The second-order valence-electron chi connectivity index (χ2n) is 3.38. The Morgan fingerprint density at radius 2 is 2.05 bits per heavy atom. The lowest BCUT2D eigenvalue weighted by Gasteiger charge is -2.10. The number of nitrogens with one attached hydrogen (secondary N) is 1. The number of halogens is 2. The molecule has 0 fully saturated rings. The van der Waals surface area contributed by atoms with Crippen LogP contribution >= 0.6 is 11.8 Å². The van der Waals surface area contributed by atoms with Crippen molar-refractivity contribution in [2.24, 2.45) is 5.84 Å². The molecule has 0 saturated heterocycles. The number of hydrazine groups is 1. The van der Waals surface area contributed by atoms with Crippen LogP contribution in [-0.2, 0) is 0 Å². The molecule has 0 aliphatic heterocycles. The van der Waals surface area contributed by atoms with Crippen molar-refractivity contribution >= 4 is 17.6 Å². The van der Waals surface area contributed by atoms with Crippen molar-refractivity contribution in [3.8, 4) is 5.75 Å². The number of anilines is 1. The monoisotopic (exact) mass is 284 g/mol. The molecule has 8 heteroatoms. The van der Waals surface area contributed by atoms with Gasteiger partial charge in [-0.25, -0.2) is 24.6 Å². The first kappa shape index (κ1) is 13.5. The van der Waals surface area contributed by atoms with Crippen LogP contribution in [0, 0.1) is 11.6 Å². The van der Waals surface area contributed by atoms with E-state index in [1.54, 1.807) is 0 Å². The summed E-state index contributed by atoms with van der Waals surface area (Å²) >= 11 is 1.11. The van der Waals surface area contributed by atoms with Crippen LogP contribution in [0.3, 0.4) is 0 Å². The van der Waals surface area contributed by atoms with Crippen molar-refractivity contribution in [2.45, 2.75) is 9.92 Å². The third-order valence-corrected chi connectivity index (χ3v) is 3.19. The van der Waals surface area contributed by atoms with Crippen molar-refractivity contribution < 1.29 is 13.5 Å². The maximum Gasteiger partial charge on any atom is 0.195 e. The number of nitrogens with zero attached hydrogens (tertiary/aromatic N) is 2. The van der Waals surface area contributed by atoms with Gasteiger partial charge in [0.05, 0.1) is 7.11 Å². The Bertz CT molecular complexity index is 597. The molecule has 0 spiro atoms. The number of rotatable bonds is 4. The molecule has 1 heterocycles. The standard InChI is InChI=1S/C11H10F2N4OS/c1-18-9-10(17-14)15-5-16-11(9)19-6-2-3-7(12)8(13)4-6/h2-5H,14H2,1H3,(H,15,16,17). The molecule has 0 saturated carbocycles. The molecular formula is C11H10F2N4OS. The van der Waals surface area contributed by atoms with Gasteiger partial charge >= 0.3 is 0 Å². The highest BCUT2D eigenvalue weighted by atomic mass is 32.2. The van der Waals surface area contributed by atoms with E-state index in [1.807, 2.05) is 0 Å². The highest BCUT2D eigenvalue weighted by Crippen LogP contribution is 2.36. The molecular weight excluding hydrogens is 274 g/mol.